The average molecular weight is 322 g/mol. The van der Waals surface area contributed by atoms with Crippen molar-refractivity contribution in [3.8, 4) is 0 Å². The van der Waals surface area contributed by atoms with Gasteiger partial charge in [-0.15, -0.1) is 0 Å². The second-order valence-electron chi connectivity index (χ2n) is 4.57. The lowest BCUT2D eigenvalue weighted by atomic mass is 10.1. The van der Waals surface area contributed by atoms with Crippen molar-refractivity contribution in [1.29, 1.82) is 0 Å². The van der Waals surface area contributed by atoms with E-state index in [9.17, 15) is 0 Å². The molecule has 2 heterocycles. The van der Waals surface area contributed by atoms with Gasteiger partial charge in [0.2, 0.25) is 0 Å². The molecule has 20 heavy (non-hydrogen) atoms. The fourth-order valence-corrected chi connectivity index (χ4v) is 3.41. The highest BCUT2D eigenvalue weighted by molar-refractivity contribution is 6.48. The quantitative estimate of drug-likeness (QED) is 0.434. The Hall–Kier alpha value is -1.48. The van der Waals surface area contributed by atoms with Gasteiger partial charge in [0.15, 0.2) is 0 Å². The predicted octanol–water partition coefficient (Wildman–Crippen LogP) is 5.83. The van der Waals surface area contributed by atoms with Gasteiger partial charge in [-0.2, -0.15) is 0 Å². The van der Waals surface area contributed by atoms with Gasteiger partial charge in [0.05, 0.1) is 20.6 Å². The molecule has 5 heteroatoms. The van der Waals surface area contributed by atoms with Crippen molar-refractivity contribution >= 4 is 67.6 Å². The van der Waals surface area contributed by atoms with E-state index in [1.165, 1.54) is 0 Å². The number of rotatable bonds is 0. The van der Waals surface area contributed by atoms with Gasteiger partial charge >= 0.3 is 0 Å². The first-order valence-electron chi connectivity index (χ1n) is 6.00. The van der Waals surface area contributed by atoms with Crippen molar-refractivity contribution in [3.05, 3.63) is 51.5 Å². The number of fused-ring (bicyclic) bond motifs is 4. The maximum atomic E-state index is 6.57. The average Bonchev–Trinajstić information content (AvgIpc) is 2.81. The second kappa shape index (κ2) is 4.26. The van der Waals surface area contributed by atoms with Crippen LogP contribution in [-0.2, 0) is 0 Å². The minimum atomic E-state index is 0.534. The van der Waals surface area contributed by atoms with Crippen LogP contribution in [0.15, 0.2) is 36.4 Å². The van der Waals surface area contributed by atoms with Gasteiger partial charge in [-0.1, -0.05) is 53.0 Å². The van der Waals surface area contributed by atoms with Crippen LogP contribution in [0.25, 0.3) is 32.8 Å². The number of H-pyrrole nitrogens is 1. The zero-order valence-corrected chi connectivity index (χ0v) is 12.3. The molecular formula is C15H7Cl3N2. The van der Waals surface area contributed by atoms with Crippen molar-refractivity contribution in [2.45, 2.75) is 0 Å². The van der Waals surface area contributed by atoms with Crippen LogP contribution in [0.3, 0.4) is 0 Å². The molecule has 2 aromatic heterocycles. The van der Waals surface area contributed by atoms with Crippen molar-refractivity contribution in [2.75, 3.05) is 0 Å². The molecule has 2 aromatic carbocycles. The Balaban J connectivity index is 2.35. The fraction of sp³-hybridized carbons (Fsp3) is 0. The summed E-state index contributed by atoms with van der Waals surface area (Å²) >= 11 is 19.0. The lowest BCUT2D eigenvalue weighted by Crippen LogP contribution is -1.85. The van der Waals surface area contributed by atoms with Crippen LogP contribution < -0.4 is 0 Å². The van der Waals surface area contributed by atoms with Crippen LogP contribution in [0.4, 0.5) is 0 Å². The number of aromatic nitrogens is 2. The molecule has 0 saturated heterocycles. The highest BCUT2D eigenvalue weighted by Gasteiger charge is 2.16. The third kappa shape index (κ3) is 1.56. The molecule has 0 atom stereocenters. The predicted molar refractivity (Wildman–Crippen MR) is 86.1 cm³/mol. The first kappa shape index (κ1) is 12.3. The molecule has 0 radical (unpaired) electrons. The summed E-state index contributed by atoms with van der Waals surface area (Å²) in [6, 6.07) is 11.4. The minimum absolute atomic E-state index is 0.534. The number of aromatic amines is 1. The van der Waals surface area contributed by atoms with Gasteiger partial charge in [-0.25, -0.2) is 4.98 Å². The molecule has 4 aromatic rings. The zero-order chi connectivity index (χ0) is 13.9. The maximum Gasteiger partial charge on any atom is 0.140 e. The maximum absolute atomic E-state index is 6.57. The Labute approximate surface area is 129 Å². The largest absolute Gasteiger partial charge is 0.339 e. The number of para-hydroxylation sites is 1. The number of hydrogen-bond donors (Lipinski definition) is 1. The summed E-state index contributed by atoms with van der Waals surface area (Å²) in [6.45, 7) is 0. The van der Waals surface area contributed by atoms with Gasteiger partial charge in [-0.3, -0.25) is 0 Å². The molecule has 0 fully saturated rings. The molecule has 0 spiro atoms. The fourth-order valence-electron chi connectivity index (χ4n) is 2.53. The van der Waals surface area contributed by atoms with E-state index in [4.69, 9.17) is 34.8 Å². The smallest absolute Gasteiger partial charge is 0.140 e. The molecule has 0 aliphatic carbocycles. The standard InChI is InChI=1S/C15H7Cl3N2/c16-8-5-6-9(17)14-12(8)13(18)11-7-3-1-2-4-10(7)19-15(11)20-14/h1-6H,(H,19,20). The Morgan fingerprint density at radius 3 is 2.45 bits per heavy atom. The number of hydrogen-bond acceptors (Lipinski definition) is 1. The zero-order valence-electron chi connectivity index (χ0n) is 10.0. The minimum Gasteiger partial charge on any atom is -0.339 e. The lowest BCUT2D eigenvalue weighted by Gasteiger charge is -2.06. The van der Waals surface area contributed by atoms with Gasteiger partial charge in [-0.05, 0) is 18.2 Å². The van der Waals surface area contributed by atoms with Crippen LogP contribution in [0.5, 0.6) is 0 Å². The van der Waals surface area contributed by atoms with Crippen molar-refractivity contribution < 1.29 is 0 Å². The molecule has 0 amide bonds. The molecule has 4 rings (SSSR count). The Morgan fingerprint density at radius 2 is 1.60 bits per heavy atom. The summed E-state index contributed by atoms with van der Waals surface area (Å²) < 4.78 is 0. The molecule has 2 nitrogen and oxygen atoms in total. The Kier molecular flexibility index (Phi) is 2.61. The van der Waals surface area contributed by atoms with Crippen LogP contribution in [0.1, 0.15) is 0 Å². The number of pyridine rings is 1. The number of halogens is 3. The van der Waals surface area contributed by atoms with Gasteiger partial charge in [0.25, 0.3) is 0 Å². The third-order valence-electron chi connectivity index (χ3n) is 3.43. The van der Waals surface area contributed by atoms with Crippen LogP contribution in [0.2, 0.25) is 15.1 Å². The number of nitrogens with zero attached hydrogens (tertiary/aromatic N) is 1. The van der Waals surface area contributed by atoms with Crippen LogP contribution in [0, 0.1) is 0 Å². The van der Waals surface area contributed by atoms with E-state index < -0.39 is 0 Å². The Morgan fingerprint density at radius 1 is 0.850 bits per heavy atom. The highest BCUT2D eigenvalue weighted by Crippen LogP contribution is 2.40. The molecule has 1 N–H and O–H groups in total. The van der Waals surface area contributed by atoms with Crippen molar-refractivity contribution in [2.24, 2.45) is 0 Å². The number of nitrogens with one attached hydrogen (secondary N) is 1. The summed E-state index contributed by atoms with van der Waals surface area (Å²) in [4.78, 5) is 7.84. The SMILES string of the molecule is Clc1ccc(Cl)c2c(Cl)c3c(nc12)[nH]c1ccccc13. The van der Waals surface area contributed by atoms with E-state index in [0.717, 1.165) is 16.3 Å². The summed E-state index contributed by atoms with van der Waals surface area (Å²) in [6.07, 6.45) is 0. The Bertz CT molecular complexity index is 989. The van der Waals surface area contributed by atoms with E-state index >= 15 is 0 Å². The van der Waals surface area contributed by atoms with E-state index in [1.807, 2.05) is 24.3 Å². The van der Waals surface area contributed by atoms with Gasteiger partial charge < -0.3 is 4.98 Å². The van der Waals surface area contributed by atoms with E-state index in [1.54, 1.807) is 12.1 Å². The first-order chi connectivity index (χ1) is 9.66. The van der Waals surface area contributed by atoms with Crippen LogP contribution >= 0.6 is 34.8 Å². The van der Waals surface area contributed by atoms with Crippen molar-refractivity contribution in [1.82, 2.24) is 9.97 Å². The molecule has 98 valence electrons. The van der Waals surface area contributed by atoms with Gasteiger partial charge in [0, 0.05) is 21.7 Å². The molecule has 0 aliphatic heterocycles. The molecule has 0 bridgehead atoms. The van der Waals surface area contributed by atoms with Crippen molar-refractivity contribution in [3.63, 3.8) is 0 Å². The first-order valence-corrected chi connectivity index (χ1v) is 7.14. The van der Waals surface area contributed by atoms with E-state index in [2.05, 4.69) is 9.97 Å². The topological polar surface area (TPSA) is 28.7 Å². The van der Waals surface area contributed by atoms with Crippen LogP contribution in [-0.4, -0.2) is 9.97 Å². The number of benzene rings is 2. The summed E-state index contributed by atoms with van der Waals surface area (Å²) in [5.74, 6) is 0. The monoisotopic (exact) mass is 320 g/mol. The van der Waals surface area contributed by atoms with E-state index in [0.29, 0.717) is 31.6 Å². The second-order valence-corrected chi connectivity index (χ2v) is 5.77. The van der Waals surface area contributed by atoms with E-state index in [-0.39, 0.29) is 0 Å². The molecule has 0 saturated carbocycles. The summed E-state index contributed by atoms with van der Waals surface area (Å²) in [5, 5.41) is 4.26. The molecule has 0 unspecified atom stereocenters. The highest BCUT2D eigenvalue weighted by atomic mass is 35.5. The summed E-state index contributed by atoms with van der Waals surface area (Å²) in [7, 11) is 0. The van der Waals surface area contributed by atoms with Gasteiger partial charge in [0.1, 0.15) is 5.65 Å². The normalized spacial score (nSPS) is 11.8. The third-order valence-corrected chi connectivity index (χ3v) is 4.42. The molecular weight excluding hydrogens is 315 g/mol. The lowest BCUT2D eigenvalue weighted by molar-refractivity contribution is 1.40. The molecule has 0 aliphatic rings. The summed E-state index contributed by atoms with van der Waals surface area (Å²) in [5.41, 5.74) is 2.32.